The lowest BCUT2D eigenvalue weighted by Gasteiger charge is -2.06. The molecule has 0 radical (unpaired) electrons. The van der Waals surface area contributed by atoms with Crippen LogP contribution in [0.3, 0.4) is 0 Å². The monoisotopic (exact) mass is 379 g/mol. The molecule has 0 bridgehead atoms. The van der Waals surface area contributed by atoms with Gasteiger partial charge in [-0.25, -0.2) is 4.79 Å². The average Bonchev–Trinajstić information content (AvgIpc) is 3.27. The molecule has 2 N–H and O–H groups in total. The first-order chi connectivity index (χ1) is 10.5. The van der Waals surface area contributed by atoms with Crippen molar-refractivity contribution in [3.05, 3.63) is 55.7 Å². The summed E-state index contributed by atoms with van der Waals surface area (Å²) < 4.78 is 0.436. The second-order valence-corrected chi connectivity index (χ2v) is 7.20. The first-order valence-electron chi connectivity index (χ1n) is 6.94. The van der Waals surface area contributed by atoms with Crippen molar-refractivity contribution >= 4 is 39.1 Å². The smallest absolute Gasteiger partial charge is 0.347 e. The number of hydrogen-bond donors (Lipinski definition) is 2. The van der Waals surface area contributed by atoms with Crippen LogP contribution in [0.1, 0.15) is 49.2 Å². The van der Waals surface area contributed by atoms with Gasteiger partial charge < -0.3 is 10.4 Å². The van der Waals surface area contributed by atoms with Crippen molar-refractivity contribution in [2.45, 2.75) is 25.3 Å². The third-order valence-electron chi connectivity index (χ3n) is 3.56. The summed E-state index contributed by atoms with van der Waals surface area (Å²) in [5, 5.41) is 11.8. The number of nitrogens with one attached hydrogen (secondary N) is 1. The number of carbonyl (C=O) groups excluding carboxylic acids is 1. The fraction of sp³-hybridized carbons (Fsp3) is 0.250. The molecular weight excluding hydrogens is 366 g/mol. The van der Waals surface area contributed by atoms with Crippen molar-refractivity contribution in [2.24, 2.45) is 0 Å². The van der Waals surface area contributed by atoms with Gasteiger partial charge in [0.1, 0.15) is 4.88 Å². The Kier molecular flexibility index (Phi) is 4.31. The molecule has 3 rings (SSSR count). The molecule has 1 fully saturated rings. The maximum Gasteiger partial charge on any atom is 0.347 e. The lowest BCUT2D eigenvalue weighted by atomic mass is 10.1. The van der Waals surface area contributed by atoms with Gasteiger partial charge in [0.15, 0.2) is 0 Å². The Labute approximate surface area is 140 Å². The van der Waals surface area contributed by atoms with Gasteiger partial charge in [-0.2, -0.15) is 0 Å². The van der Waals surface area contributed by atoms with Gasteiger partial charge in [0, 0.05) is 11.0 Å². The van der Waals surface area contributed by atoms with E-state index < -0.39 is 5.97 Å². The Morgan fingerprint density at radius 1 is 1.32 bits per heavy atom. The highest BCUT2D eigenvalue weighted by Gasteiger charge is 2.23. The van der Waals surface area contributed by atoms with Crippen LogP contribution in [-0.2, 0) is 6.54 Å². The number of hydrogen-bond acceptors (Lipinski definition) is 3. The van der Waals surface area contributed by atoms with Crippen LogP contribution in [0, 0.1) is 0 Å². The number of thiophene rings is 1. The molecule has 0 atom stereocenters. The Bertz CT molecular complexity index is 737. The molecule has 22 heavy (non-hydrogen) atoms. The Morgan fingerprint density at radius 3 is 2.73 bits per heavy atom. The van der Waals surface area contributed by atoms with Gasteiger partial charge in [0.25, 0.3) is 5.91 Å². The second-order valence-electron chi connectivity index (χ2n) is 5.29. The van der Waals surface area contributed by atoms with Gasteiger partial charge in [-0.1, -0.05) is 24.3 Å². The normalized spacial score (nSPS) is 13.9. The number of carboxylic acid groups (broad SMARTS) is 1. The number of amides is 1. The van der Waals surface area contributed by atoms with Gasteiger partial charge in [0.2, 0.25) is 0 Å². The van der Waals surface area contributed by atoms with E-state index in [-0.39, 0.29) is 10.8 Å². The number of carbonyl (C=O) groups is 2. The highest BCUT2D eigenvalue weighted by atomic mass is 79.9. The van der Waals surface area contributed by atoms with Crippen molar-refractivity contribution in [1.82, 2.24) is 5.32 Å². The molecule has 4 nitrogen and oxygen atoms in total. The van der Waals surface area contributed by atoms with Crippen LogP contribution in [0.15, 0.2) is 34.8 Å². The molecule has 2 aromatic rings. The molecular formula is C16H14BrNO3S. The standard InChI is InChI=1S/C16H14BrNO3S/c17-12-7-13(22-14(12)16(20)21)15(19)18-8-9-2-1-3-11(6-9)10-4-5-10/h1-3,6-7,10H,4-5,8H2,(H,18,19)(H,20,21). The first kappa shape index (κ1) is 15.2. The molecule has 1 aliphatic carbocycles. The van der Waals surface area contributed by atoms with Crippen molar-refractivity contribution < 1.29 is 14.7 Å². The minimum Gasteiger partial charge on any atom is -0.477 e. The summed E-state index contributed by atoms with van der Waals surface area (Å²) in [4.78, 5) is 23.6. The fourth-order valence-corrected chi connectivity index (χ4v) is 3.87. The van der Waals surface area contributed by atoms with E-state index in [0.29, 0.717) is 21.8 Å². The number of halogens is 1. The van der Waals surface area contributed by atoms with Crippen molar-refractivity contribution in [1.29, 1.82) is 0 Å². The predicted octanol–water partition coefficient (Wildman–Crippen LogP) is 4.02. The molecule has 6 heteroatoms. The van der Waals surface area contributed by atoms with Gasteiger partial charge in [-0.3, -0.25) is 4.79 Å². The Morgan fingerprint density at radius 2 is 2.09 bits per heavy atom. The zero-order valence-corrected chi connectivity index (χ0v) is 14.0. The van der Waals surface area contributed by atoms with Crippen LogP contribution in [0.5, 0.6) is 0 Å². The quantitative estimate of drug-likeness (QED) is 0.824. The summed E-state index contributed by atoms with van der Waals surface area (Å²) in [6.45, 7) is 0.442. The molecule has 0 spiro atoms. The van der Waals surface area contributed by atoms with Crippen LogP contribution in [-0.4, -0.2) is 17.0 Å². The number of carboxylic acids is 1. The van der Waals surface area contributed by atoms with Crippen LogP contribution in [0.2, 0.25) is 0 Å². The molecule has 1 saturated carbocycles. The molecule has 1 heterocycles. The predicted molar refractivity (Wildman–Crippen MR) is 88.6 cm³/mol. The minimum absolute atomic E-state index is 0.140. The Hall–Kier alpha value is -1.66. The number of aromatic carboxylic acids is 1. The van der Waals surface area contributed by atoms with E-state index >= 15 is 0 Å². The van der Waals surface area contributed by atoms with E-state index in [4.69, 9.17) is 5.11 Å². The molecule has 1 amide bonds. The second kappa shape index (κ2) is 6.22. The summed E-state index contributed by atoms with van der Waals surface area (Å²) >= 11 is 4.13. The van der Waals surface area contributed by atoms with E-state index in [2.05, 4.69) is 33.4 Å². The average molecular weight is 380 g/mol. The third-order valence-corrected chi connectivity index (χ3v) is 5.57. The van der Waals surface area contributed by atoms with E-state index in [1.54, 1.807) is 6.07 Å². The number of benzene rings is 1. The lowest BCUT2D eigenvalue weighted by molar-refractivity contribution is 0.0701. The van der Waals surface area contributed by atoms with E-state index in [1.165, 1.54) is 18.4 Å². The topological polar surface area (TPSA) is 66.4 Å². The Balaban J connectivity index is 1.65. The summed E-state index contributed by atoms with van der Waals surface area (Å²) in [6, 6.07) is 9.80. The molecule has 0 saturated heterocycles. The van der Waals surface area contributed by atoms with Crippen LogP contribution < -0.4 is 5.32 Å². The van der Waals surface area contributed by atoms with Crippen LogP contribution in [0.25, 0.3) is 0 Å². The third kappa shape index (κ3) is 3.39. The molecule has 114 valence electrons. The molecule has 1 aromatic carbocycles. The van der Waals surface area contributed by atoms with E-state index in [1.807, 2.05) is 12.1 Å². The van der Waals surface area contributed by atoms with Gasteiger partial charge in [0.05, 0.1) is 4.88 Å². The number of rotatable bonds is 5. The fourth-order valence-electron chi connectivity index (χ4n) is 2.27. The van der Waals surface area contributed by atoms with Crippen LogP contribution in [0.4, 0.5) is 0 Å². The molecule has 0 aliphatic heterocycles. The lowest BCUT2D eigenvalue weighted by Crippen LogP contribution is -2.21. The molecule has 1 aromatic heterocycles. The van der Waals surface area contributed by atoms with Crippen molar-refractivity contribution in [3.63, 3.8) is 0 Å². The van der Waals surface area contributed by atoms with Gasteiger partial charge in [-0.05, 0) is 51.9 Å². The molecule has 0 unspecified atom stereocenters. The first-order valence-corrected chi connectivity index (χ1v) is 8.55. The van der Waals surface area contributed by atoms with Gasteiger partial charge in [-0.15, -0.1) is 11.3 Å². The zero-order valence-electron chi connectivity index (χ0n) is 11.6. The molecule has 1 aliphatic rings. The highest BCUT2D eigenvalue weighted by molar-refractivity contribution is 9.10. The summed E-state index contributed by atoms with van der Waals surface area (Å²) in [5.74, 6) is -0.606. The van der Waals surface area contributed by atoms with Gasteiger partial charge >= 0.3 is 5.97 Å². The maximum atomic E-state index is 12.1. The maximum absolute atomic E-state index is 12.1. The SMILES string of the molecule is O=C(NCc1cccc(C2CC2)c1)c1cc(Br)c(C(=O)O)s1. The largest absolute Gasteiger partial charge is 0.477 e. The summed E-state index contributed by atoms with van der Waals surface area (Å²) in [5.41, 5.74) is 2.39. The van der Waals surface area contributed by atoms with Crippen molar-refractivity contribution in [2.75, 3.05) is 0 Å². The highest BCUT2D eigenvalue weighted by Crippen LogP contribution is 2.40. The minimum atomic E-state index is -1.03. The summed E-state index contributed by atoms with van der Waals surface area (Å²) in [7, 11) is 0. The van der Waals surface area contributed by atoms with E-state index in [9.17, 15) is 9.59 Å². The van der Waals surface area contributed by atoms with Crippen LogP contribution >= 0.6 is 27.3 Å². The van der Waals surface area contributed by atoms with E-state index in [0.717, 1.165) is 16.9 Å². The summed E-state index contributed by atoms with van der Waals surface area (Å²) in [6.07, 6.45) is 2.49. The van der Waals surface area contributed by atoms with Crippen molar-refractivity contribution in [3.8, 4) is 0 Å². The zero-order chi connectivity index (χ0) is 15.7.